The van der Waals surface area contributed by atoms with Crippen molar-refractivity contribution >= 4 is 11.0 Å². The number of para-hydroxylation sites is 1. The Kier molecular flexibility index (Phi) is 8.48. The molecule has 4 nitrogen and oxygen atoms in total. The van der Waals surface area contributed by atoms with Crippen LogP contribution in [0.1, 0.15) is 151 Å². The van der Waals surface area contributed by atoms with Gasteiger partial charge in [-0.2, -0.15) is 0 Å². The van der Waals surface area contributed by atoms with Gasteiger partial charge >= 0.3 is 0 Å². The average Bonchev–Trinajstić information content (AvgIpc) is 3.70. The zero-order chi connectivity index (χ0) is 59.5. The number of imidazole rings is 1. The van der Waals surface area contributed by atoms with Crippen LogP contribution in [0.5, 0.6) is 5.75 Å². The molecule has 65 heavy (non-hydrogen) atoms. The van der Waals surface area contributed by atoms with E-state index in [1.54, 1.807) is 18.2 Å². The first-order valence-electron chi connectivity index (χ1n) is 29.6. The molecule has 0 spiro atoms. The van der Waals surface area contributed by atoms with E-state index in [0.29, 0.717) is 33.5 Å². The second kappa shape index (κ2) is 18.0. The average molecular weight is 1050 g/mol. The predicted molar refractivity (Wildman–Crippen MR) is 271 cm³/mol. The predicted octanol–water partition coefficient (Wildman–Crippen LogP) is 16.4. The van der Waals surface area contributed by atoms with Crippen molar-refractivity contribution in [3.05, 3.63) is 167 Å². The third kappa shape index (κ3) is 9.57. The molecule has 8 aromatic rings. The molecule has 0 atom stereocenters. The maximum Gasteiger partial charge on any atom is 0.148 e. The molecule has 0 amide bonds. The fourth-order valence-corrected chi connectivity index (χ4v) is 7.90. The number of benzene rings is 6. The van der Waals surface area contributed by atoms with E-state index in [0.717, 1.165) is 33.5 Å². The molecule has 0 fully saturated rings. The molecular weight excluding hydrogens is 974 g/mol. The van der Waals surface area contributed by atoms with Crippen molar-refractivity contribution < 1.29 is 48.1 Å². The molecule has 6 aromatic carbocycles. The number of phenolic OH excluding ortho intramolecular Hbond substituents is 1. The summed E-state index contributed by atoms with van der Waals surface area (Å²) < 4.78 is 140. The molecule has 2 heterocycles. The van der Waals surface area contributed by atoms with Crippen LogP contribution in [0.25, 0.3) is 72.7 Å². The van der Waals surface area contributed by atoms with Crippen molar-refractivity contribution in [3.63, 3.8) is 0 Å². The van der Waals surface area contributed by atoms with Gasteiger partial charge in [-0.15, -0.1) is 29.8 Å². The molecule has 0 unspecified atom stereocenters. The van der Waals surface area contributed by atoms with Crippen molar-refractivity contribution in [1.82, 2.24) is 14.5 Å². The van der Waals surface area contributed by atoms with Gasteiger partial charge in [-0.05, 0) is 103 Å². The topological polar surface area (TPSA) is 50.9 Å². The van der Waals surface area contributed by atoms with E-state index in [1.807, 2.05) is 44.2 Å². The summed E-state index contributed by atoms with van der Waals surface area (Å²) in [6, 6.07) is 26.7. The van der Waals surface area contributed by atoms with Gasteiger partial charge in [-0.3, -0.25) is 9.55 Å². The zero-order valence-electron chi connectivity index (χ0n) is 54.4. The minimum absolute atomic E-state index is 0. The Morgan fingerprint density at radius 1 is 0.631 bits per heavy atom. The Hall–Kier alpha value is -5.57. The van der Waals surface area contributed by atoms with Crippen molar-refractivity contribution in [1.29, 1.82) is 0 Å². The van der Waals surface area contributed by atoms with Crippen molar-refractivity contribution in [3.8, 4) is 67.5 Å². The van der Waals surface area contributed by atoms with Crippen LogP contribution in [0.4, 0.5) is 0 Å². The van der Waals surface area contributed by atoms with Crippen LogP contribution in [0, 0.1) is 6.07 Å². The first-order chi connectivity index (χ1) is 36.9. The molecular formula is C60H64N3OPt-. The fourth-order valence-electron chi connectivity index (χ4n) is 7.90. The number of hydrogen-bond acceptors (Lipinski definition) is 3. The van der Waals surface area contributed by atoms with E-state index < -0.39 is 85.1 Å². The summed E-state index contributed by atoms with van der Waals surface area (Å²) in [5.74, 6) is 0.606. The van der Waals surface area contributed by atoms with Gasteiger partial charge in [0.2, 0.25) is 0 Å². The molecule has 0 saturated carbocycles. The standard InChI is InChI=1S/C60H64N3O.Pt/c1-37(2)44-33-49(38(3)4)56(64)51(34-44)57-62-55-48(42-16-14-17-43(32-42)52-35-41(30-31-61-52)39-20-24-45(25-21-39)58(5,6)7)18-15-19-54(55)63(57)53-29-28-47(60(11,12)13)36-50(53)40-22-26-46(27-23-40)59(8,9)10;/h14-31,33-38,64H,1-13H3;/q-1;/i5D3,6D3,7D3,20D,21D,24D,25D,30D,31D,35D;. The number of rotatable bonds is 8. The van der Waals surface area contributed by atoms with Gasteiger partial charge in [-0.1, -0.05) is 180 Å². The Morgan fingerprint density at radius 3 is 1.94 bits per heavy atom. The SMILES string of the molecule is [2H]c1nc(-c2[c-]c(-c3cccc4c3nc(-c3cc(C(C)C)cc(C(C)C)c3O)n4-c3ccc(C(C)(C)C)cc3-c3ccc(C(C)(C)C)cc3)ccc2)c([2H])c(-c2c([2H])c([2H])c(C(C([2H])([2H])[2H])(C([2H])([2H])[2H])C([2H])([2H])[2H])c([2H])c2[2H])c1[2H].[Pt]. The van der Waals surface area contributed by atoms with Crippen molar-refractivity contribution in [2.45, 2.75) is 118 Å². The molecule has 2 aromatic heterocycles. The maximum atomic E-state index is 12.4. The number of fused-ring (bicyclic) bond motifs is 1. The largest absolute Gasteiger partial charge is 0.507 e. The van der Waals surface area contributed by atoms with Crippen molar-refractivity contribution in [2.24, 2.45) is 0 Å². The summed E-state index contributed by atoms with van der Waals surface area (Å²) in [7, 11) is 0. The van der Waals surface area contributed by atoms with Gasteiger partial charge in [-0.25, -0.2) is 4.98 Å². The second-order valence-corrected chi connectivity index (χ2v) is 19.2. The monoisotopic (exact) mass is 1050 g/mol. The number of pyridine rings is 1. The first kappa shape index (κ1) is 30.6. The molecule has 0 aliphatic heterocycles. The van der Waals surface area contributed by atoms with E-state index in [4.69, 9.17) is 25.5 Å². The van der Waals surface area contributed by atoms with Gasteiger partial charge in [0.05, 0.1) is 31.9 Å². The molecule has 336 valence electrons. The molecule has 0 aliphatic rings. The maximum absolute atomic E-state index is 12.4. The minimum atomic E-state index is -3.92. The third-order valence-corrected chi connectivity index (χ3v) is 11.7. The van der Waals surface area contributed by atoms with E-state index >= 15 is 0 Å². The van der Waals surface area contributed by atoms with Crippen LogP contribution in [0.2, 0.25) is 0 Å². The zero-order valence-corrected chi connectivity index (χ0v) is 40.7. The summed E-state index contributed by atoms with van der Waals surface area (Å²) >= 11 is 0. The summed E-state index contributed by atoms with van der Waals surface area (Å²) in [6.07, 6.45) is -0.747. The van der Waals surface area contributed by atoms with Gasteiger partial charge in [0.1, 0.15) is 11.6 Å². The third-order valence-electron chi connectivity index (χ3n) is 11.7. The van der Waals surface area contributed by atoms with Crippen LogP contribution >= 0.6 is 0 Å². The molecule has 8 rings (SSSR count). The summed E-state index contributed by atoms with van der Waals surface area (Å²) in [5.41, 5.74) is 2.31. The van der Waals surface area contributed by atoms with Crippen LogP contribution in [-0.4, -0.2) is 19.6 Å². The van der Waals surface area contributed by atoms with E-state index in [2.05, 4.69) is 113 Å². The quantitative estimate of drug-likeness (QED) is 0.154. The number of hydrogen-bond donors (Lipinski definition) is 1. The molecule has 0 radical (unpaired) electrons. The number of phenols is 1. The molecule has 5 heteroatoms. The summed E-state index contributed by atoms with van der Waals surface area (Å²) in [5, 5.41) is 12.4. The number of aromatic hydroxyl groups is 1. The smallest absolute Gasteiger partial charge is 0.148 e. The summed E-state index contributed by atoms with van der Waals surface area (Å²) in [6.45, 7) is 9.51. The molecule has 0 aliphatic carbocycles. The van der Waals surface area contributed by atoms with E-state index in [9.17, 15) is 6.48 Å². The first-order valence-corrected chi connectivity index (χ1v) is 21.6. The van der Waals surface area contributed by atoms with Gasteiger partial charge in [0, 0.05) is 50.8 Å². The second-order valence-electron chi connectivity index (χ2n) is 19.2. The summed E-state index contributed by atoms with van der Waals surface area (Å²) in [4.78, 5) is 9.74. The Balaban J connectivity index is 0.00000946. The van der Waals surface area contributed by atoms with Crippen LogP contribution < -0.4 is 0 Å². The van der Waals surface area contributed by atoms with E-state index in [-0.39, 0.29) is 60.7 Å². The van der Waals surface area contributed by atoms with Crippen LogP contribution in [-0.2, 0) is 37.3 Å². The number of aromatic nitrogens is 3. The van der Waals surface area contributed by atoms with Gasteiger partial charge in [0.25, 0.3) is 0 Å². The van der Waals surface area contributed by atoms with Crippen LogP contribution in [0.15, 0.2) is 133 Å². The fraction of sp³-hybridized carbons (Fsp3) is 0.300. The Morgan fingerprint density at radius 2 is 1.29 bits per heavy atom. The molecule has 0 saturated heterocycles. The number of nitrogens with zero attached hydrogens (tertiary/aromatic N) is 3. The Bertz CT molecular complexity index is 3690. The molecule has 1 N–H and O–H groups in total. The van der Waals surface area contributed by atoms with Crippen molar-refractivity contribution in [2.75, 3.05) is 0 Å². The van der Waals surface area contributed by atoms with E-state index in [1.165, 1.54) is 5.56 Å². The minimum Gasteiger partial charge on any atom is -0.507 e. The normalized spacial score (nSPS) is 16.4. The molecule has 0 bridgehead atoms. The van der Waals surface area contributed by atoms with Gasteiger partial charge in [0.15, 0.2) is 0 Å². The van der Waals surface area contributed by atoms with Gasteiger partial charge < -0.3 is 5.11 Å². The Labute approximate surface area is 425 Å². The van der Waals surface area contributed by atoms with Crippen LogP contribution in [0.3, 0.4) is 0 Å².